The first kappa shape index (κ1) is 14.6. The predicted octanol–water partition coefficient (Wildman–Crippen LogP) is 2.07. The summed E-state index contributed by atoms with van der Waals surface area (Å²) in [7, 11) is 0. The van der Waals surface area contributed by atoms with Gasteiger partial charge in [-0.05, 0) is 25.0 Å². The molecular formula is C10H14Cl2FNO. The van der Waals surface area contributed by atoms with Crippen LogP contribution in [0, 0.1) is 12.7 Å². The first-order chi connectivity index (χ1) is 6.56. The molecule has 0 aliphatic rings. The number of hydrogen-bond acceptors (Lipinski definition) is 2. The Morgan fingerprint density at radius 1 is 1.53 bits per heavy atom. The highest BCUT2D eigenvalue weighted by molar-refractivity contribution is 6.32. The molecule has 0 amide bonds. The predicted molar refractivity (Wildman–Crippen MR) is 62.2 cm³/mol. The van der Waals surface area contributed by atoms with Crippen molar-refractivity contribution < 1.29 is 9.50 Å². The van der Waals surface area contributed by atoms with E-state index in [1.165, 1.54) is 6.07 Å². The van der Waals surface area contributed by atoms with Gasteiger partial charge in [0, 0.05) is 16.6 Å². The van der Waals surface area contributed by atoms with Crippen LogP contribution in [0.3, 0.4) is 0 Å². The van der Waals surface area contributed by atoms with E-state index in [-0.39, 0.29) is 31.3 Å². The van der Waals surface area contributed by atoms with Crippen LogP contribution in [-0.4, -0.2) is 17.8 Å². The van der Waals surface area contributed by atoms with Gasteiger partial charge in [-0.15, -0.1) is 12.4 Å². The van der Waals surface area contributed by atoms with Gasteiger partial charge in [-0.25, -0.2) is 4.39 Å². The summed E-state index contributed by atoms with van der Waals surface area (Å²) in [6, 6.07) is 2.51. The van der Waals surface area contributed by atoms with Crippen molar-refractivity contribution in [2.75, 3.05) is 6.61 Å². The normalized spacial score (nSPS) is 12.1. The second kappa shape index (κ2) is 6.28. The number of aliphatic hydroxyl groups is 1. The minimum atomic E-state index is -0.469. The fourth-order valence-electron chi connectivity index (χ4n) is 1.23. The Kier molecular flexibility index (Phi) is 6.13. The van der Waals surface area contributed by atoms with Crippen molar-refractivity contribution in [3.63, 3.8) is 0 Å². The zero-order valence-corrected chi connectivity index (χ0v) is 9.91. The molecule has 1 rings (SSSR count). The molecule has 0 saturated heterocycles. The summed E-state index contributed by atoms with van der Waals surface area (Å²) in [6.45, 7) is 1.62. The molecule has 3 N–H and O–H groups in total. The van der Waals surface area contributed by atoms with Gasteiger partial charge < -0.3 is 10.8 Å². The average Bonchev–Trinajstić information content (AvgIpc) is 2.18. The summed E-state index contributed by atoms with van der Waals surface area (Å²) in [5.41, 5.74) is 6.71. The molecule has 86 valence electrons. The average molecular weight is 254 g/mol. The summed E-state index contributed by atoms with van der Waals surface area (Å²) in [5.74, 6) is -0.371. The van der Waals surface area contributed by atoms with Crippen LogP contribution in [0.4, 0.5) is 4.39 Å². The van der Waals surface area contributed by atoms with E-state index in [2.05, 4.69) is 0 Å². The van der Waals surface area contributed by atoms with Crippen LogP contribution < -0.4 is 5.73 Å². The van der Waals surface area contributed by atoms with Crippen molar-refractivity contribution in [3.8, 4) is 0 Å². The minimum Gasteiger partial charge on any atom is -0.395 e. The highest BCUT2D eigenvalue weighted by Gasteiger charge is 2.12. The molecule has 1 atom stereocenters. The van der Waals surface area contributed by atoms with Crippen molar-refractivity contribution in [3.05, 3.63) is 34.1 Å². The van der Waals surface area contributed by atoms with Gasteiger partial charge in [0.1, 0.15) is 5.82 Å². The smallest absolute Gasteiger partial charge is 0.127 e. The number of rotatable bonds is 3. The molecule has 0 heterocycles. The van der Waals surface area contributed by atoms with E-state index in [9.17, 15) is 4.39 Å². The van der Waals surface area contributed by atoms with Gasteiger partial charge >= 0.3 is 0 Å². The Morgan fingerprint density at radius 3 is 2.67 bits per heavy atom. The summed E-state index contributed by atoms with van der Waals surface area (Å²) < 4.78 is 13.3. The molecule has 5 heteroatoms. The molecule has 2 nitrogen and oxygen atoms in total. The van der Waals surface area contributed by atoms with E-state index in [1.807, 2.05) is 0 Å². The minimum absolute atomic E-state index is 0. The van der Waals surface area contributed by atoms with Gasteiger partial charge in [0.05, 0.1) is 6.61 Å². The molecular weight excluding hydrogens is 240 g/mol. The van der Waals surface area contributed by atoms with Crippen LogP contribution in [0.5, 0.6) is 0 Å². The zero-order chi connectivity index (χ0) is 10.7. The number of benzene rings is 1. The lowest BCUT2D eigenvalue weighted by Gasteiger charge is -2.12. The Morgan fingerprint density at radius 2 is 2.13 bits per heavy atom. The third-order valence-corrected chi connectivity index (χ3v) is 2.61. The number of halogens is 3. The van der Waals surface area contributed by atoms with Crippen LogP contribution in [0.15, 0.2) is 12.1 Å². The number of aliphatic hydroxyl groups excluding tert-OH is 1. The van der Waals surface area contributed by atoms with Crippen molar-refractivity contribution >= 4 is 24.0 Å². The van der Waals surface area contributed by atoms with Gasteiger partial charge in [0.15, 0.2) is 0 Å². The molecule has 0 spiro atoms. The van der Waals surface area contributed by atoms with E-state index in [4.69, 9.17) is 22.4 Å². The summed E-state index contributed by atoms with van der Waals surface area (Å²) in [4.78, 5) is 0. The van der Waals surface area contributed by atoms with Gasteiger partial charge in [-0.3, -0.25) is 0 Å². The van der Waals surface area contributed by atoms with Gasteiger partial charge in [0.2, 0.25) is 0 Å². The summed E-state index contributed by atoms with van der Waals surface area (Å²) in [6.07, 6.45) is 0.253. The van der Waals surface area contributed by atoms with Crippen molar-refractivity contribution in [1.82, 2.24) is 0 Å². The quantitative estimate of drug-likeness (QED) is 0.867. The van der Waals surface area contributed by atoms with E-state index >= 15 is 0 Å². The highest BCUT2D eigenvalue weighted by atomic mass is 35.5. The third kappa shape index (κ3) is 3.61. The molecule has 1 aromatic carbocycles. The molecule has 0 aromatic heterocycles. The van der Waals surface area contributed by atoms with Crippen molar-refractivity contribution in [1.29, 1.82) is 0 Å². The highest BCUT2D eigenvalue weighted by Crippen LogP contribution is 2.24. The first-order valence-corrected chi connectivity index (χ1v) is 4.74. The Bertz CT molecular complexity index is 333. The Hall–Kier alpha value is -0.350. The molecule has 1 unspecified atom stereocenters. The molecule has 0 fully saturated rings. The van der Waals surface area contributed by atoms with Crippen LogP contribution >= 0.6 is 24.0 Å². The van der Waals surface area contributed by atoms with Crippen LogP contribution in [0.1, 0.15) is 11.1 Å². The van der Waals surface area contributed by atoms with Gasteiger partial charge in [0.25, 0.3) is 0 Å². The Labute approximate surface area is 99.6 Å². The lowest BCUT2D eigenvalue weighted by atomic mass is 10.0. The zero-order valence-electron chi connectivity index (χ0n) is 8.34. The van der Waals surface area contributed by atoms with Gasteiger partial charge in [-0.1, -0.05) is 17.7 Å². The van der Waals surface area contributed by atoms with E-state index in [0.29, 0.717) is 10.6 Å². The summed E-state index contributed by atoms with van der Waals surface area (Å²) in [5, 5.41) is 9.15. The molecule has 1 aromatic rings. The maximum Gasteiger partial charge on any atom is 0.127 e. The molecule has 0 radical (unpaired) electrons. The SMILES string of the molecule is Cc1ccc(F)c(CC(N)CO)c1Cl.Cl. The maximum absolute atomic E-state index is 13.3. The largest absolute Gasteiger partial charge is 0.395 e. The van der Waals surface area contributed by atoms with Crippen molar-refractivity contribution in [2.45, 2.75) is 19.4 Å². The summed E-state index contributed by atoms with van der Waals surface area (Å²) >= 11 is 5.92. The van der Waals surface area contributed by atoms with Crippen LogP contribution in [-0.2, 0) is 6.42 Å². The molecule has 0 aliphatic heterocycles. The molecule has 0 saturated carbocycles. The molecule has 0 aliphatic carbocycles. The Balaban J connectivity index is 0.00000196. The fourth-order valence-corrected chi connectivity index (χ4v) is 1.46. The lowest BCUT2D eigenvalue weighted by Crippen LogP contribution is -2.27. The molecule has 15 heavy (non-hydrogen) atoms. The van der Waals surface area contributed by atoms with E-state index in [1.54, 1.807) is 13.0 Å². The monoisotopic (exact) mass is 253 g/mol. The number of hydrogen-bond donors (Lipinski definition) is 2. The van der Waals surface area contributed by atoms with Crippen LogP contribution in [0.25, 0.3) is 0 Å². The second-order valence-corrected chi connectivity index (χ2v) is 3.68. The second-order valence-electron chi connectivity index (χ2n) is 3.30. The van der Waals surface area contributed by atoms with E-state index in [0.717, 1.165) is 5.56 Å². The van der Waals surface area contributed by atoms with E-state index < -0.39 is 6.04 Å². The van der Waals surface area contributed by atoms with Crippen LogP contribution in [0.2, 0.25) is 5.02 Å². The topological polar surface area (TPSA) is 46.2 Å². The van der Waals surface area contributed by atoms with Gasteiger partial charge in [-0.2, -0.15) is 0 Å². The number of aryl methyl sites for hydroxylation is 1. The lowest BCUT2D eigenvalue weighted by molar-refractivity contribution is 0.264. The van der Waals surface area contributed by atoms with Crippen molar-refractivity contribution in [2.24, 2.45) is 5.73 Å². The standard InChI is InChI=1S/C10H13ClFNO.ClH/c1-6-2-3-9(12)8(10(6)11)4-7(13)5-14;/h2-3,7,14H,4-5,13H2,1H3;1H. The fraction of sp³-hybridized carbons (Fsp3) is 0.400. The first-order valence-electron chi connectivity index (χ1n) is 4.36. The maximum atomic E-state index is 13.3. The molecule has 0 bridgehead atoms. The number of nitrogens with two attached hydrogens (primary N) is 1. The third-order valence-electron chi connectivity index (χ3n) is 2.08.